The van der Waals surface area contributed by atoms with Gasteiger partial charge in [-0.15, -0.1) is 0 Å². The quantitative estimate of drug-likeness (QED) is 0.548. The number of carbonyl (C=O) groups excluding carboxylic acids is 1. The Morgan fingerprint density at radius 1 is 1.03 bits per heavy atom. The van der Waals surface area contributed by atoms with E-state index in [1.807, 2.05) is 75.4 Å². The van der Waals surface area contributed by atoms with E-state index in [9.17, 15) is 14.7 Å². The fourth-order valence-electron chi connectivity index (χ4n) is 3.02. The van der Waals surface area contributed by atoms with Crippen molar-refractivity contribution in [3.63, 3.8) is 0 Å². The van der Waals surface area contributed by atoms with Crippen LogP contribution in [0.4, 0.5) is 4.79 Å². The Hall–Kier alpha value is -3.02. The van der Waals surface area contributed by atoms with Crippen molar-refractivity contribution in [1.29, 1.82) is 0 Å². The van der Waals surface area contributed by atoms with Crippen LogP contribution in [0.2, 0.25) is 0 Å². The van der Waals surface area contributed by atoms with E-state index in [1.165, 1.54) is 0 Å². The van der Waals surface area contributed by atoms with E-state index < -0.39 is 17.7 Å². The van der Waals surface area contributed by atoms with Gasteiger partial charge in [-0.2, -0.15) is 0 Å². The molecule has 0 aliphatic carbocycles. The average Bonchev–Trinajstić information content (AvgIpc) is 2.67. The highest BCUT2D eigenvalue weighted by atomic mass is 16.6. The van der Waals surface area contributed by atoms with Crippen LogP contribution in [-0.2, 0) is 16.0 Å². The van der Waals surface area contributed by atoms with Gasteiger partial charge in [0, 0.05) is 6.54 Å². The van der Waals surface area contributed by atoms with Gasteiger partial charge in [0.05, 0.1) is 13.0 Å². The van der Waals surface area contributed by atoms with Crippen LogP contribution < -0.4 is 10.1 Å². The minimum absolute atomic E-state index is 0.0746. The molecular weight excluding hydrogens is 382 g/mol. The lowest BCUT2D eigenvalue weighted by molar-refractivity contribution is -0.137. The largest absolute Gasteiger partial charge is 0.494 e. The van der Waals surface area contributed by atoms with Crippen LogP contribution in [0.1, 0.15) is 50.7 Å². The Balaban J connectivity index is 1.78. The van der Waals surface area contributed by atoms with E-state index in [-0.39, 0.29) is 12.3 Å². The summed E-state index contributed by atoms with van der Waals surface area (Å²) in [6, 6.07) is 17.4. The first kappa shape index (κ1) is 23.3. The second kappa shape index (κ2) is 11.2. The molecule has 0 saturated heterocycles. The molecule has 1 atom stereocenters. The third-order valence-electron chi connectivity index (χ3n) is 4.36. The molecule has 6 heteroatoms. The summed E-state index contributed by atoms with van der Waals surface area (Å²) in [7, 11) is 0. The summed E-state index contributed by atoms with van der Waals surface area (Å²) in [4.78, 5) is 22.8. The Bertz CT molecular complexity index is 797. The second-order valence-electron chi connectivity index (χ2n) is 8.18. The Morgan fingerprint density at radius 3 is 2.30 bits per heavy atom. The molecule has 0 fully saturated rings. The van der Waals surface area contributed by atoms with E-state index in [2.05, 4.69) is 5.32 Å². The predicted molar refractivity (Wildman–Crippen MR) is 116 cm³/mol. The van der Waals surface area contributed by atoms with Crippen LogP contribution in [0, 0.1) is 0 Å². The molecule has 0 aliphatic rings. The number of aliphatic carboxylic acids is 1. The normalized spacial score (nSPS) is 12.1. The van der Waals surface area contributed by atoms with Crippen LogP contribution in [0.3, 0.4) is 0 Å². The van der Waals surface area contributed by atoms with Crippen LogP contribution >= 0.6 is 0 Å². The fraction of sp³-hybridized carbons (Fsp3) is 0.417. The van der Waals surface area contributed by atoms with Crippen molar-refractivity contribution < 1.29 is 24.2 Å². The molecule has 30 heavy (non-hydrogen) atoms. The van der Waals surface area contributed by atoms with Crippen molar-refractivity contribution >= 4 is 12.1 Å². The molecule has 0 radical (unpaired) electrons. The Morgan fingerprint density at radius 2 is 1.70 bits per heavy atom. The third kappa shape index (κ3) is 8.99. The molecule has 0 aromatic heterocycles. The highest BCUT2D eigenvalue weighted by Crippen LogP contribution is 2.25. The number of carboxylic acids is 1. The SMILES string of the molecule is CC(C)(C)OC(=O)NCCCOc1ccc(C[C@@H](CC(=O)O)c2ccccc2)cc1. The van der Waals surface area contributed by atoms with E-state index in [4.69, 9.17) is 9.47 Å². The van der Waals surface area contributed by atoms with Crippen molar-refractivity contribution in [3.8, 4) is 5.75 Å². The van der Waals surface area contributed by atoms with Crippen molar-refractivity contribution in [2.75, 3.05) is 13.2 Å². The lowest BCUT2D eigenvalue weighted by Crippen LogP contribution is -2.33. The molecule has 0 bridgehead atoms. The van der Waals surface area contributed by atoms with Crippen molar-refractivity contribution in [2.45, 2.75) is 51.6 Å². The predicted octanol–water partition coefficient (Wildman–Crippen LogP) is 4.78. The summed E-state index contributed by atoms with van der Waals surface area (Å²) >= 11 is 0. The molecule has 1 amide bonds. The van der Waals surface area contributed by atoms with Gasteiger partial charge < -0.3 is 19.9 Å². The zero-order valence-corrected chi connectivity index (χ0v) is 17.9. The minimum atomic E-state index is -0.802. The Labute approximate surface area is 178 Å². The maximum atomic E-state index is 11.6. The molecule has 0 heterocycles. The summed E-state index contributed by atoms with van der Waals surface area (Å²) in [5.74, 6) is -0.135. The number of nitrogens with one attached hydrogen (secondary N) is 1. The maximum absolute atomic E-state index is 11.6. The van der Waals surface area contributed by atoms with Gasteiger partial charge in [0.15, 0.2) is 0 Å². The van der Waals surface area contributed by atoms with Crippen molar-refractivity contribution in [2.24, 2.45) is 0 Å². The molecule has 2 N–H and O–H groups in total. The molecule has 2 aromatic rings. The monoisotopic (exact) mass is 413 g/mol. The van der Waals surface area contributed by atoms with Gasteiger partial charge in [-0.25, -0.2) is 4.79 Å². The van der Waals surface area contributed by atoms with Gasteiger partial charge in [0.1, 0.15) is 11.4 Å². The standard InChI is InChI=1S/C24H31NO5/c1-24(2,3)30-23(28)25-14-7-15-29-21-12-10-18(11-13-21)16-20(17-22(26)27)19-8-5-4-6-9-19/h4-6,8-13,20H,7,14-17H2,1-3H3,(H,25,28)(H,26,27)/t20-/m0/s1. The van der Waals surface area contributed by atoms with E-state index in [0.717, 1.165) is 16.9 Å². The van der Waals surface area contributed by atoms with Gasteiger partial charge in [-0.1, -0.05) is 42.5 Å². The number of ether oxygens (including phenoxy) is 2. The van der Waals surface area contributed by atoms with Crippen molar-refractivity contribution in [1.82, 2.24) is 5.32 Å². The Kier molecular flexibility index (Phi) is 8.71. The highest BCUT2D eigenvalue weighted by molar-refractivity contribution is 5.68. The van der Waals surface area contributed by atoms with Gasteiger partial charge >= 0.3 is 12.1 Å². The number of hydrogen-bond donors (Lipinski definition) is 2. The van der Waals surface area contributed by atoms with Crippen LogP contribution in [0.15, 0.2) is 54.6 Å². The molecule has 0 unspecified atom stereocenters. The van der Waals surface area contributed by atoms with Crippen LogP contribution in [-0.4, -0.2) is 35.9 Å². The summed E-state index contributed by atoms with van der Waals surface area (Å²) in [5.41, 5.74) is 1.58. The third-order valence-corrected chi connectivity index (χ3v) is 4.36. The number of alkyl carbamates (subject to hydrolysis) is 1. The molecule has 0 aliphatic heterocycles. The first-order chi connectivity index (χ1) is 14.2. The summed E-state index contributed by atoms with van der Waals surface area (Å²) in [6.45, 7) is 6.41. The lowest BCUT2D eigenvalue weighted by Gasteiger charge is -2.19. The number of benzene rings is 2. The van der Waals surface area contributed by atoms with Gasteiger partial charge in [-0.3, -0.25) is 4.79 Å². The number of amides is 1. The zero-order chi connectivity index (χ0) is 22.0. The van der Waals surface area contributed by atoms with E-state index >= 15 is 0 Å². The number of rotatable bonds is 10. The van der Waals surface area contributed by atoms with Gasteiger partial charge in [0.25, 0.3) is 0 Å². The zero-order valence-electron chi connectivity index (χ0n) is 17.9. The summed E-state index contributed by atoms with van der Waals surface area (Å²) in [6.07, 6.45) is 0.972. The van der Waals surface area contributed by atoms with E-state index in [0.29, 0.717) is 26.0 Å². The summed E-state index contributed by atoms with van der Waals surface area (Å²) < 4.78 is 10.9. The van der Waals surface area contributed by atoms with Gasteiger partial charge in [-0.05, 0) is 62.8 Å². The molecule has 2 aromatic carbocycles. The molecule has 6 nitrogen and oxygen atoms in total. The first-order valence-electron chi connectivity index (χ1n) is 10.2. The van der Waals surface area contributed by atoms with Crippen molar-refractivity contribution in [3.05, 3.63) is 65.7 Å². The number of carboxylic acid groups (broad SMARTS) is 1. The van der Waals surface area contributed by atoms with Crippen LogP contribution in [0.25, 0.3) is 0 Å². The number of hydrogen-bond acceptors (Lipinski definition) is 4. The van der Waals surface area contributed by atoms with Gasteiger partial charge in [0.2, 0.25) is 0 Å². The lowest BCUT2D eigenvalue weighted by atomic mass is 9.89. The topological polar surface area (TPSA) is 84.9 Å². The molecular formula is C24H31NO5. The number of carbonyl (C=O) groups is 2. The smallest absolute Gasteiger partial charge is 0.407 e. The molecule has 0 saturated carbocycles. The maximum Gasteiger partial charge on any atom is 0.407 e. The van der Waals surface area contributed by atoms with E-state index in [1.54, 1.807) is 0 Å². The first-order valence-corrected chi connectivity index (χ1v) is 10.2. The second-order valence-corrected chi connectivity index (χ2v) is 8.18. The average molecular weight is 414 g/mol. The molecule has 0 spiro atoms. The highest BCUT2D eigenvalue weighted by Gasteiger charge is 2.17. The molecule has 2 rings (SSSR count). The van der Waals surface area contributed by atoms with Crippen LogP contribution in [0.5, 0.6) is 5.75 Å². The summed E-state index contributed by atoms with van der Waals surface area (Å²) in [5, 5.41) is 11.9. The minimum Gasteiger partial charge on any atom is -0.494 e. The fourth-order valence-corrected chi connectivity index (χ4v) is 3.02. The molecule has 162 valence electrons.